The monoisotopic (exact) mass is 1120 g/mol. The Morgan fingerprint density at radius 3 is 0.975 bits per heavy atom. The van der Waals surface area contributed by atoms with Crippen LogP contribution in [0, 0.1) is 110 Å². The van der Waals surface area contributed by atoms with Crippen molar-refractivity contribution in [1.29, 1.82) is 0 Å². The topological polar surface area (TPSA) is 0 Å². The third-order valence-electron chi connectivity index (χ3n) is 25.6. The van der Waals surface area contributed by atoms with Crippen molar-refractivity contribution in [3.63, 3.8) is 0 Å². The maximum Gasteiger partial charge on any atom is -0.0328 e. The minimum Gasteiger partial charge on any atom is -0.0654 e. The van der Waals surface area contributed by atoms with E-state index in [-0.39, 0.29) is 0 Å². The molecular formula is C80H160. The predicted molar refractivity (Wildman–Crippen MR) is 368 cm³/mol. The van der Waals surface area contributed by atoms with E-state index in [9.17, 15) is 0 Å². The Morgan fingerprint density at radius 2 is 0.800 bits per heavy atom. The Hall–Kier alpha value is 0. The molecule has 80 heavy (non-hydrogen) atoms. The van der Waals surface area contributed by atoms with Gasteiger partial charge in [0, 0.05) is 0 Å². The molecule has 0 aliphatic heterocycles. The van der Waals surface area contributed by atoms with Crippen LogP contribution in [0.1, 0.15) is 404 Å². The van der Waals surface area contributed by atoms with Crippen LogP contribution in [0.2, 0.25) is 0 Å². The Balaban J connectivity index is 0.000000444. The van der Waals surface area contributed by atoms with Crippen molar-refractivity contribution in [3.05, 3.63) is 0 Å². The summed E-state index contributed by atoms with van der Waals surface area (Å²) in [5.41, 5.74) is 3.44. The second kappa shape index (κ2) is 40.5. The molecule has 10 saturated carbocycles. The van der Waals surface area contributed by atoms with E-state index in [4.69, 9.17) is 0 Å². The fourth-order valence-corrected chi connectivity index (χ4v) is 16.6. The van der Waals surface area contributed by atoms with Crippen LogP contribution in [0.3, 0.4) is 0 Å². The Labute approximate surface area is 511 Å². The molecule has 9 atom stereocenters. The fraction of sp³-hybridized carbons (Fsp3) is 1.00. The zero-order valence-corrected chi connectivity index (χ0v) is 60.7. The highest BCUT2D eigenvalue weighted by molar-refractivity contribution is 4.84. The Morgan fingerprint density at radius 1 is 0.375 bits per heavy atom. The van der Waals surface area contributed by atoms with E-state index in [2.05, 4.69) is 166 Å². The number of hydrogen-bond donors (Lipinski definition) is 0. The molecule has 0 aromatic carbocycles. The summed E-state index contributed by atoms with van der Waals surface area (Å²) in [6, 6.07) is 0. The molecule has 0 radical (unpaired) electrons. The first kappa shape index (κ1) is 78.0. The highest BCUT2D eigenvalue weighted by Gasteiger charge is 2.32. The summed E-state index contributed by atoms with van der Waals surface area (Å²) in [6.07, 6.45) is 54.2. The van der Waals surface area contributed by atoms with Crippen LogP contribution in [-0.4, -0.2) is 0 Å². The molecule has 0 aromatic rings. The van der Waals surface area contributed by atoms with Crippen molar-refractivity contribution >= 4 is 0 Å². The lowest BCUT2D eigenvalue weighted by Crippen LogP contribution is -2.13. The quantitative estimate of drug-likeness (QED) is 0.249. The van der Waals surface area contributed by atoms with E-state index < -0.39 is 0 Å². The van der Waals surface area contributed by atoms with E-state index in [0.717, 1.165) is 93.7 Å². The molecule has 10 aliphatic carbocycles. The van der Waals surface area contributed by atoms with Crippen LogP contribution in [-0.2, 0) is 0 Å². The number of hydrogen-bond acceptors (Lipinski definition) is 0. The maximum atomic E-state index is 2.42. The molecule has 0 heteroatoms. The van der Waals surface area contributed by atoms with Gasteiger partial charge >= 0.3 is 0 Å². The minimum absolute atomic E-state index is 0.653. The number of rotatable bonds is 6. The second-order valence-corrected chi connectivity index (χ2v) is 34.5. The van der Waals surface area contributed by atoms with E-state index in [1.165, 1.54) is 238 Å². The predicted octanol–water partition coefficient (Wildman–Crippen LogP) is 28.5. The van der Waals surface area contributed by atoms with Crippen molar-refractivity contribution in [2.75, 3.05) is 0 Å². The van der Waals surface area contributed by atoms with Crippen LogP contribution in [0.25, 0.3) is 0 Å². The lowest BCUT2D eigenvalue weighted by molar-refractivity contribution is 0.281. The van der Waals surface area contributed by atoms with Gasteiger partial charge in [0.05, 0.1) is 0 Å². The van der Waals surface area contributed by atoms with E-state index >= 15 is 0 Å². The molecule has 0 aromatic heterocycles. The highest BCUT2D eigenvalue weighted by Crippen LogP contribution is 2.45. The molecule has 10 aliphatic rings. The zero-order chi connectivity index (χ0) is 60.7. The molecule has 0 saturated heterocycles. The molecule has 0 spiro atoms. The molecule has 480 valence electrons. The summed E-state index contributed by atoms with van der Waals surface area (Å²) in [4.78, 5) is 0. The molecule has 10 fully saturated rings. The van der Waals surface area contributed by atoms with Gasteiger partial charge in [-0.1, -0.05) is 340 Å². The molecule has 10 rings (SSSR count). The summed E-state index contributed by atoms with van der Waals surface area (Å²) in [5, 5.41) is 0. The smallest absolute Gasteiger partial charge is 0.0328 e. The van der Waals surface area contributed by atoms with Crippen LogP contribution < -0.4 is 0 Å². The molecule has 0 N–H and O–H groups in total. The van der Waals surface area contributed by atoms with Gasteiger partial charge < -0.3 is 0 Å². The van der Waals surface area contributed by atoms with Crippen LogP contribution >= 0.6 is 0 Å². The first-order valence-electron chi connectivity index (χ1n) is 37.4. The summed E-state index contributed by atoms with van der Waals surface area (Å²) < 4.78 is 0. The van der Waals surface area contributed by atoms with Crippen molar-refractivity contribution in [2.45, 2.75) is 404 Å². The van der Waals surface area contributed by atoms with Gasteiger partial charge in [-0.05, 0) is 174 Å². The van der Waals surface area contributed by atoms with Crippen LogP contribution in [0.4, 0.5) is 0 Å². The highest BCUT2D eigenvalue weighted by atomic mass is 14.4. The van der Waals surface area contributed by atoms with E-state index in [1.807, 2.05) is 0 Å². The SMILES string of the molecule is CC(C)C1CCCC1.CC1CC(C)C(C)C1.CC1CCC(C)C1C.CC1CCCC1(C)C.CCC1(C)CCCC1.CCC1(C)CCCC1.CCC1CCCC1C.CCCC1CCCC1.C[C@H]1CCC(C)(C)C1.C[C@H]1CCCC1(C)C. The largest absolute Gasteiger partial charge is 0.0654 e. The normalized spacial score (nSPS) is 33.8. The third kappa shape index (κ3) is 32.7. The second-order valence-electron chi connectivity index (χ2n) is 34.5. The Bertz CT molecular complexity index is 1360. The van der Waals surface area contributed by atoms with Gasteiger partial charge in [-0.3, -0.25) is 0 Å². The molecule has 0 heterocycles. The molecule has 0 nitrogen and oxygen atoms in total. The van der Waals surface area contributed by atoms with Gasteiger partial charge in [-0.2, -0.15) is 0 Å². The lowest BCUT2D eigenvalue weighted by Gasteiger charge is -2.22. The molecule has 0 amide bonds. The van der Waals surface area contributed by atoms with Gasteiger partial charge in [-0.25, -0.2) is 0 Å². The van der Waals surface area contributed by atoms with Crippen molar-refractivity contribution in [3.8, 4) is 0 Å². The lowest BCUT2D eigenvalue weighted by atomic mass is 9.83. The van der Waals surface area contributed by atoms with Gasteiger partial charge in [0.15, 0.2) is 0 Å². The zero-order valence-electron chi connectivity index (χ0n) is 60.7. The average Bonchev–Trinajstić information content (AvgIpc) is 4.26. The van der Waals surface area contributed by atoms with E-state index in [1.54, 1.807) is 0 Å². The molecule has 7 unspecified atom stereocenters. The summed E-state index contributed by atoms with van der Waals surface area (Å²) in [7, 11) is 0. The standard InChI is InChI=1S/10C8H16/c1-6-4-7(2)8(3)5-6;1-7-4-5-8(2,3)6-7;2*1-7-5-4-6-8(7,2)3;1-6-4-5-7(2)8(6)3;1-7(2)8-5-3-4-6-8;2*1-3-8(2)6-4-5-7-8;1-3-8-6-4-5-7(8)2;1-2-5-8-6-3-4-7-8/h6-8H,4-5H2,1-3H3;3*7H,4-6H2,1-3H3;6-8H,4-5H2,1-3H3;7-8H,3-6H2,1-2H3;2*3-7H2,1-2H3;7-8H,3-6H2,1-2H3;8H,2-7H2,1H3/t;2*7-;;;;;;;/m.00......./s1. The van der Waals surface area contributed by atoms with Crippen molar-refractivity contribution < 1.29 is 0 Å². The first-order valence-corrected chi connectivity index (χ1v) is 37.4. The van der Waals surface area contributed by atoms with Crippen molar-refractivity contribution in [1.82, 2.24) is 0 Å². The van der Waals surface area contributed by atoms with Gasteiger partial charge in [0.25, 0.3) is 0 Å². The maximum absolute atomic E-state index is 2.42. The fourth-order valence-electron chi connectivity index (χ4n) is 16.6. The van der Waals surface area contributed by atoms with Gasteiger partial charge in [0.1, 0.15) is 0 Å². The van der Waals surface area contributed by atoms with Crippen LogP contribution in [0.5, 0.6) is 0 Å². The minimum atomic E-state index is 0.653. The van der Waals surface area contributed by atoms with Crippen LogP contribution in [0.15, 0.2) is 0 Å². The van der Waals surface area contributed by atoms with E-state index in [0.29, 0.717) is 16.2 Å². The Kier molecular flexibility index (Phi) is 39.4. The summed E-state index contributed by atoms with van der Waals surface area (Å²) in [6.45, 7) is 56.7. The summed E-state index contributed by atoms with van der Waals surface area (Å²) >= 11 is 0. The third-order valence-corrected chi connectivity index (χ3v) is 25.6. The molecule has 0 bridgehead atoms. The summed E-state index contributed by atoms with van der Waals surface area (Å²) in [5.74, 6) is 14.1. The average molecular weight is 1120 g/mol. The van der Waals surface area contributed by atoms with Gasteiger partial charge in [0.2, 0.25) is 0 Å². The van der Waals surface area contributed by atoms with Crippen molar-refractivity contribution in [2.24, 2.45) is 110 Å². The molecular weight excluding hydrogens is 961 g/mol. The van der Waals surface area contributed by atoms with Gasteiger partial charge in [-0.15, -0.1) is 0 Å². The first-order chi connectivity index (χ1) is 37.4.